The molecule has 1 fully saturated rings. The molecule has 1 aromatic rings. The van der Waals surface area contributed by atoms with Gasteiger partial charge in [-0.1, -0.05) is 6.07 Å². The average molecular weight is 291 g/mol. The third-order valence-electron chi connectivity index (χ3n) is 3.43. The summed E-state index contributed by atoms with van der Waals surface area (Å²) < 4.78 is 5.56. The van der Waals surface area contributed by atoms with Crippen LogP contribution >= 0.6 is 0 Å². The number of amides is 2. The molecule has 6 heteroatoms. The minimum atomic E-state index is -0.590. The number of carbonyl (C=O) groups excluding carboxylic acids is 2. The molecular formula is C15H21N3O3. The highest BCUT2D eigenvalue weighted by molar-refractivity contribution is 6.35. The SMILES string of the molecule is C[C@@H]1CN(C(=O)C(=O)N[C@H](C)c2cccnc2)C[C@@H](C)O1. The quantitative estimate of drug-likeness (QED) is 0.822. The monoisotopic (exact) mass is 291 g/mol. The molecule has 2 heterocycles. The molecule has 1 aliphatic rings. The van der Waals surface area contributed by atoms with Crippen molar-refractivity contribution in [1.29, 1.82) is 0 Å². The van der Waals surface area contributed by atoms with Crippen LogP contribution in [0.15, 0.2) is 24.5 Å². The fourth-order valence-electron chi connectivity index (χ4n) is 2.46. The second-order valence-corrected chi connectivity index (χ2v) is 5.45. The molecule has 1 N–H and O–H groups in total. The van der Waals surface area contributed by atoms with E-state index in [1.54, 1.807) is 23.4 Å². The maximum Gasteiger partial charge on any atom is 0.312 e. The minimum Gasteiger partial charge on any atom is -0.372 e. The summed E-state index contributed by atoms with van der Waals surface area (Å²) in [5.41, 5.74) is 0.863. The molecule has 0 unspecified atom stereocenters. The lowest BCUT2D eigenvalue weighted by Gasteiger charge is -2.35. The van der Waals surface area contributed by atoms with Crippen molar-refractivity contribution in [3.8, 4) is 0 Å². The molecule has 1 saturated heterocycles. The van der Waals surface area contributed by atoms with Crippen molar-refractivity contribution >= 4 is 11.8 Å². The van der Waals surface area contributed by atoms with Gasteiger partial charge in [0.05, 0.1) is 18.2 Å². The average Bonchev–Trinajstić information content (AvgIpc) is 2.46. The maximum absolute atomic E-state index is 12.2. The predicted molar refractivity (Wildman–Crippen MR) is 77.4 cm³/mol. The zero-order chi connectivity index (χ0) is 15.4. The zero-order valence-corrected chi connectivity index (χ0v) is 12.6. The van der Waals surface area contributed by atoms with Crippen molar-refractivity contribution in [1.82, 2.24) is 15.2 Å². The van der Waals surface area contributed by atoms with Gasteiger partial charge >= 0.3 is 11.8 Å². The van der Waals surface area contributed by atoms with Crippen LogP contribution in [0.1, 0.15) is 32.4 Å². The standard InChI is InChI=1S/C15H21N3O3/c1-10-8-18(9-11(2)21-10)15(20)14(19)17-12(3)13-5-4-6-16-7-13/h4-7,10-12H,8-9H2,1-3H3,(H,17,19)/t10-,11-,12-/m1/s1. The maximum atomic E-state index is 12.2. The first-order chi connectivity index (χ1) is 9.97. The molecule has 114 valence electrons. The first-order valence-electron chi connectivity index (χ1n) is 7.12. The number of hydrogen-bond acceptors (Lipinski definition) is 4. The fourth-order valence-corrected chi connectivity index (χ4v) is 2.46. The van der Waals surface area contributed by atoms with Gasteiger partial charge in [-0.2, -0.15) is 0 Å². The Balaban J connectivity index is 1.95. The predicted octanol–water partition coefficient (Wildman–Crippen LogP) is 0.895. The normalized spacial score (nSPS) is 23.5. The molecule has 6 nitrogen and oxygen atoms in total. The van der Waals surface area contributed by atoms with E-state index in [-0.39, 0.29) is 18.2 Å². The number of aromatic nitrogens is 1. The van der Waals surface area contributed by atoms with E-state index in [1.165, 1.54) is 0 Å². The van der Waals surface area contributed by atoms with Gasteiger partial charge in [-0.15, -0.1) is 0 Å². The molecule has 0 saturated carbocycles. The smallest absolute Gasteiger partial charge is 0.312 e. The van der Waals surface area contributed by atoms with Crippen LogP contribution in [-0.4, -0.2) is 47.0 Å². The van der Waals surface area contributed by atoms with Crippen molar-refractivity contribution < 1.29 is 14.3 Å². The Labute approximate surface area is 124 Å². The molecular weight excluding hydrogens is 270 g/mol. The van der Waals surface area contributed by atoms with Crippen LogP contribution in [-0.2, 0) is 14.3 Å². The van der Waals surface area contributed by atoms with Crippen LogP contribution in [0.5, 0.6) is 0 Å². The highest BCUT2D eigenvalue weighted by atomic mass is 16.5. The van der Waals surface area contributed by atoms with Crippen LogP contribution < -0.4 is 5.32 Å². The van der Waals surface area contributed by atoms with E-state index in [2.05, 4.69) is 10.3 Å². The summed E-state index contributed by atoms with van der Waals surface area (Å²) >= 11 is 0. The van der Waals surface area contributed by atoms with Gasteiger partial charge in [-0.25, -0.2) is 0 Å². The van der Waals surface area contributed by atoms with Crippen molar-refractivity contribution in [3.05, 3.63) is 30.1 Å². The van der Waals surface area contributed by atoms with E-state index in [4.69, 9.17) is 4.74 Å². The Hall–Kier alpha value is -1.95. The lowest BCUT2D eigenvalue weighted by atomic mass is 10.1. The largest absolute Gasteiger partial charge is 0.372 e. The molecule has 0 radical (unpaired) electrons. The van der Waals surface area contributed by atoms with Crippen molar-refractivity contribution in [2.24, 2.45) is 0 Å². The first-order valence-corrected chi connectivity index (χ1v) is 7.12. The Morgan fingerprint density at radius 2 is 2.05 bits per heavy atom. The van der Waals surface area contributed by atoms with Crippen LogP contribution in [0.3, 0.4) is 0 Å². The van der Waals surface area contributed by atoms with E-state index >= 15 is 0 Å². The molecule has 0 spiro atoms. The fraction of sp³-hybridized carbons (Fsp3) is 0.533. The molecule has 2 amide bonds. The number of ether oxygens (including phenoxy) is 1. The number of pyridine rings is 1. The van der Waals surface area contributed by atoms with Crippen LogP contribution in [0.4, 0.5) is 0 Å². The summed E-state index contributed by atoms with van der Waals surface area (Å²) in [6.45, 7) is 6.50. The topological polar surface area (TPSA) is 71.5 Å². The van der Waals surface area contributed by atoms with Gasteiger partial charge in [-0.3, -0.25) is 14.6 Å². The number of hydrogen-bond donors (Lipinski definition) is 1. The summed E-state index contributed by atoms with van der Waals surface area (Å²) in [5.74, 6) is -1.10. The van der Waals surface area contributed by atoms with E-state index in [9.17, 15) is 9.59 Å². The first kappa shape index (κ1) is 15.4. The molecule has 0 aliphatic carbocycles. The minimum absolute atomic E-state index is 0.0544. The van der Waals surface area contributed by atoms with Crippen LogP contribution in [0.2, 0.25) is 0 Å². The lowest BCUT2D eigenvalue weighted by molar-refractivity contribution is -0.153. The van der Waals surface area contributed by atoms with Gasteiger partial charge in [-0.05, 0) is 32.4 Å². The number of nitrogens with one attached hydrogen (secondary N) is 1. The van der Waals surface area contributed by atoms with E-state index in [1.807, 2.05) is 26.8 Å². The van der Waals surface area contributed by atoms with Gasteiger partial charge in [0.15, 0.2) is 0 Å². The molecule has 2 rings (SSSR count). The van der Waals surface area contributed by atoms with Gasteiger partial charge in [0.25, 0.3) is 0 Å². The number of rotatable bonds is 2. The van der Waals surface area contributed by atoms with Crippen molar-refractivity contribution in [2.45, 2.75) is 39.0 Å². The zero-order valence-electron chi connectivity index (χ0n) is 12.6. The second-order valence-electron chi connectivity index (χ2n) is 5.45. The third-order valence-corrected chi connectivity index (χ3v) is 3.43. The Morgan fingerprint density at radius 1 is 1.38 bits per heavy atom. The third kappa shape index (κ3) is 4.01. The lowest BCUT2D eigenvalue weighted by Crippen LogP contribution is -2.52. The van der Waals surface area contributed by atoms with Gasteiger partial charge in [0, 0.05) is 25.5 Å². The summed E-state index contributed by atoms with van der Waals surface area (Å²) in [4.78, 5) is 29.8. The second kappa shape index (κ2) is 6.67. The highest BCUT2D eigenvalue weighted by Gasteiger charge is 2.30. The van der Waals surface area contributed by atoms with Gasteiger partial charge in [0.1, 0.15) is 0 Å². The Kier molecular flexibility index (Phi) is 4.90. The Morgan fingerprint density at radius 3 is 2.62 bits per heavy atom. The van der Waals surface area contributed by atoms with Gasteiger partial charge < -0.3 is 15.0 Å². The highest BCUT2D eigenvalue weighted by Crippen LogP contribution is 2.12. The van der Waals surface area contributed by atoms with Crippen molar-refractivity contribution in [2.75, 3.05) is 13.1 Å². The molecule has 21 heavy (non-hydrogen) atoms. The number of morpholine rings is 1. The molecule has 1 aliphatic heterocycles. The summed E-state index contributed by atoms with van der Waals surface area (Å²) in [6.07, 6.45) is 3.23. The molecule has 3 atom stereocenters. The van der Waals surface area contributed by atoms with E-state index in [0.29, 0.717) is 13.1 Å². The van der Waals surface area contributed by atoms with E-state index < -0.39 is 11.8 Å². The summed E-state index contributed by atoms with van der Waals surface area (Å²) in [6, 6.07) is 3.40. The molecule has 1 aromatic heterocycles. The summed E-state index contributed by atoms with van der Waals surface area (Å²) in [7, 11) is 0. The number of carbonyl (C=O) groups is 2. The van der Waals surface area contributed by atoms with Crippen LogP contribution in [0.25, 0.3) is 0 Å². The number of nitrogens with zero attached hydrogens (tertiary/aromatic N) is 2. The van der Waals surface area contributed by atoms with Gasteiger partial charge in [0.2, 0.25) is 0 Å². The molecule has 0 bridgehead atoms. The Bertz CT molecular complexity index is 496. The van der Waals surface area contributed by atoms with E-state index in [0.717, 1.165) is 5.56 Å². The van der Waals surface area contributed by atoms with Crippen molar-refractivity contribution in [3.63, 3.8) is 0 Å². The molecule has 0 aromatic carbocycles. The summed E-state index contributed by atoms with van der Waals surface area (Å²) in [5, 5.41) is 2.71. The van der Waals surface area contributed by atoms with Crippen LogP contribution in [0, 0.1) is 0 Å².